The topological polar surface area (TPSA) is 166 Å². The van der Waals surface area contributed by atoms with Gasteiger partial charge >= 0.3 is 0 Å². The van der Waals surface area contributed by atoms with Gasteiger partial charge in [0, 0.05) is 68.8 Å². The smallest absolute Gasteiger partial charge is 0.255 e. The molecule has 1 aromatic heterocycles. The van der Waals surface area contributed by atoms with E-state index >= 15 is 0 Å². The zero-order chi connectivity index (χ0) is 45.8. The predicted octanol–water partition coefficient (Wildman–Crippen LogP) is 7.04. The maximum atomic E-state index is 13.1. The van der Waals surface area contributed by atoms with E-state index in [9.17, 15) is 22.8 Å². The number of amides is 3. The molecule has 0 bridgehead atoms. The highest BCUT2D eigenvalue weighted by molar-refractivity contribution is 7.92. The monoisotopic (exact) mass is 920 g/mol. The number of anilines is 4. The molecule has 4 aliphatic rings. The lowest BCUT2D eigenvalue weighted by Gasteiger charge is -2.39. The number of imide groups is 1. The molecule has 3 atom stereocenters. The fourth-order valence-electron chi connectivity index (χ4n) is 9.36. The predicted molar refractivity (Wildman–Crippen MR) is 252 cm³/mol. The normalized spacial score (nSPS) is 20.7. The second kappa shape index (κ2) is 19.9. The number of hydrogen-bond donors (Lipinski definition) is 3. The van der Waals surface area contributed by atoms with E-state index in [1.54, 1.807) is 50.1 Å². The summed E-state index contributed by atoms with van der Waals surface area (Å²) in [6.45, 7) is 10.8. The number of fused-ring (bicyclic) bond motifs is 1. The van der Waals surface area contributed by atoms with Gasteiger partial charge in [0.1, 0.15) is 16.8 Å². The van der Waals surface area contributed by atoms with Crippen molar-refractivity contribution in [3.8, 4) is 17.6 Å². The number of aromatic nitrogens is 2. The lowest BCUT2D eigenvalue weighted by Crippen LogP contribution is -2.52. The number of nitrogens with zero attached hydrogens (tertiary/aromatic N) is 5. The molecule has 4 aromatic rings. The summed E-state index contributed by atoms with van der Waals surface area (Å²) in [6.07, 6.45) is 8.56. The molecule has 16 heteroatoms. The van der Waals surface area contributed by atoms with Crippen molar-refractivity contribution in [2.24, 2.45) is 5.92 Å². The number of sulfone groups is 1. The third-order valence-corrected chi connectivity index (χ3v) is 15.7. The number of aryl methyl sites for hydroxylation is 1. The van der Waals surface area contributed by atoms with E-state index in [2.05, 4.69) is 60.5 Å². The van der Waals surface area contributed by atoms with Crippen LogP contribution >= 0.6 is 11.6 Å². The van der Waals surface area contributed by atoms with Gasteiger partial charge in [-0.25, -0.2) is 13.4 Å². The largest absolute Gasteiger partial charge is 0.495 e. The van der Waals surface area contributed by atoms with Crippen molar-refractivity contribution in [1.82, 2.24) is 30.0 Å². The van der Waals surface area contributed by atoms with Gasteiger partial charge in [-0.1, -0.05) is 42.0 Å². The molecule has 342 valence electrons. The molecule has 65 heavy (non-hydrogen) atoms. The fraction of sp³-hybridized carbons (Fsp3) is 0.449. The van der Waals surface area contributed by atoms with Gasteiger partial charge in [0.2, 0.25) is 17.8 Å². The van der Waals surface area contributed by atoms with E-state index in [1.165, 1.54) is 18.2 Å². The Morgan fingerprint density at radius 3 is 2.52 bits per heavy atom. The highest BCUT2D eigenvalue weighted by Gasteiger charge is 2.39. The fourth-order valence-corrected chi connectivity index (χ4v) is 10.7. The molecule has 3 N–H and O–H groups in total. The zero-order valence-electron chi connectivity index (χ0n) is 37.5. The summed E-state index contributed by atoms with van der Waals surface area (Å²) in [7, 11) is -1.92. The Bertz CT molecular complexity index is 2640. The molecule has 1 saturated carbocycles. The average molecular weight is 922 g/mol. The molecule has 2 saturated heterocycles. The molecule has 14 nitrogen and oxygen atoms in total. The van der Waals surface area contributed by atoms with Gasteiger partial charge in [0.25, 0.3) is 5.91 Å². The highest BCUT2D eigenvalue weighted by Crippen LogP contribution is 2.35. The molecule has 0 spiro atoms. The minimum atomic E-state index is -3.56. The number of ether oxygens (including phenoxy) is 1. The summed E-state index contributed by atoms with van der Waals surface area (Å²) in [5.74, 6) is 7.65. The first kappa shape index (κ1) is 46.0. The van der Waals surface area contributed by atoms with Crippen LogP contribution in [0.3, 0.4) is 0 Å². The Balaban J connectivity index is 0.814. The van der Waals surface area contributed by atoms with Crippen LogP contribution in [0.5, 0.6) is 5.75 Å². The lowest BCUT2D eigenvalue weighted by atomic mass is 9.99. The first-order valence-corrected chi connectivity index (χ1v) is 24.5. The van der Waals surface area contributed by atoms with E-state index in [0.29, 0.717) is 47.6 Å². The van der Waals surface area contributed by atoms with Crippen molar-refractivity contribution in [2.75, 3.05) is 50.5 Å². The van der Waals surface area contributed by atoms with Crippen LogP contribution in [0.1, 0.15) is 91.4 Å². The number of halogens is 1. The number of nitrogens with one attached hydrogen (secondary N) is 3. The number of carbonyl (C=O) groups is 3. The SMILES string of the molecule is COc1cc(CCN2CCN(C3CCCC(C#Cc4ccc5c(c4)CN(C4CCC(=O)NC4=O)C5=O)CC3)CC2)c(C)cc1Nc1ncc(Cl)c(Nc2ccccc2S(=O)(=O)C(C)C)n1. The Hall–Kier alpha value is -5.53. The Morgan fingerprint density at radius 2 is 1.75 bits per heavy atom. The molecular weight excluding hydrogens is 864 g/mol. The van der Waals surface area contributed by atoms with Crippen molar-refractivity contribution >= 4 is 62.3 Å². The maximum absolute atomic E-state index is 13.1. The first-order valence-electron chi connectivity index (χ1n) is 22.6. The molecule has 4 heterocycles. The van der Waals surface area contributed by atoms with Crippen LogP contribution in [-0.4, -0.2) is 108 Å². The van der Waals surface area contributed by atoms with E-state index in [4.69, 9.17) is 16.3 Å². The molecule has 8 rings (SSSR count). The van der Waals surface area contributed by atoms with Crippen molar-refractivity contribution in [2.45, 2.75) is 101 Å². The molecule has 3 fully saturated rings. The summed E-state index contributed by atoms with van der Waals surface area (Å²) in [5.41, 5.74) is 5.78. The number of para-hydroxylation sites is 1. The Kier molecular flexibility index (Phi) is 14.1. The average Bonchev–Trinajstić information content (AvgIpc) is 3.43. The number of carbonyl (C=O) groups excluding carboxylic acids is 3. The second-order valence-corrected chi connectivity index (χ2v) is 20.6. The minimum Gasteiger partial charge on any atom is -0.495 e. The molecule has 1 aliphatic carbocycles. The van der Waals surface area contributed by atoms with Gasteiger partial charge in [0.05, 0.1) is 34.8 Å². The van der Waals surface area contributed by atoms with Crippen LogP contribution in [0.15, 0.2) is 65.7 Å². The summed E-state index contributed by atoms with van der Waals surface area (Å²) >= 11 is 6.49. The minimum absolute atomic E-state index is 0.166. The second-order valence-electron chi connectivity index (χ2n) is 17.7. The third kappa shape index (κ3) is 10.5. The standard InChI is InChI=1S/C49H57ClN8O6S/c1-31(2)65(62,63)44-11-6-5-10-40(44)52-46-39(50)29-51-49(55-46)53-41-26-32(3)35(28-43(41)64-4)20-21-56-22-24-57(25-23-56)37-9-7-8-33(14-16-37)12-13-34-15-17-38-36(27-34)30-58(48(38)61)42-18-19-45(59)54-47(42)60/h5-6,10-11,15,17,26-29,31,33,37,42H,7-9,14,16,18-25,30H2,1-4H3,(H,54,59,60)(H2,51,52,53,55). The molecule has 3 amide bonds. The van der Waals surface area contributed by atoms with Crippen molar-refractivity contribution < 1.29 is 27.5 Å². The van der Waals surface area contributed by atoms with E-state index in [1.807, 2.05) is 24.3 Å². The van der Waals surface area contributed by atoms with Crippen LogP contribution in [-0.2, 0) is 32.4 Å². The molecule has 3 aliphatic heterocycles. The van der Waals surface area contributed by atoms with Crippen LogP contribution in [0.4, 0.5) is 23.1 Å². The van der Waals surface area contributed by atoms with Crippen LogP contribution in [0.25, 0.3) is 0 Å². The number of hydrogen-bond acceptors (Lipinski definition) is 12. The van der Waals surface area contributed by atoms with Gasteiger partial charge in [-0.3, -0.25) is 24.6 Å². The third-order valence-electron chi connectivity index (χ3n) is 13.2. The Labute approximate surface area is 386 Å². The molecule has 3 unspecified atom stereocenters. The number of benzene rings is 3. The maximum Gasteiger partial charge on any atom is 0.255 e. The summed E-state index contributed by atoms with van der Waals surface area (Å²) in [4.78, 5) is 53.2. The van der Waals surface area contributed by atoms with E-state index in [0.717, 1.165) is 81.5 Å². The number of piperidine rings is 1. The highest BCUT2D eigenvalue weighted by atomic mass is 35.5. The molecular formula is C49H57ClN8O6S. The first-order chi connectivity index (χ1) is 31.3. The quantitative estimate of drug-likeness (QED) is 0.0756. The van der Waals surface area contributed by atoms with Crippen molar-refractivity contribution in [3.63, 3.8) is 0 Å². The zero-order valence-corrected chi connectivity index (χ0v) is 39.0. The molecule has 3 aromatic carbocycles. The number of methoxy groups -OCH3 is 1. The van der Waals surface area contributed by atoms with Crippen LogP contribution < -0.4 is 20.7 Å². The summed E-state index contributed by atoms with van der Waals surface area (Å²) < 4.78 is 31.9. The summed E-state index contributed by atoms with van der Waals surface area (Å²) in [5, 5.41) is 8.40. The van der Waals surface area contributed by atoms with Gasteiger partial charge in [0.15, 0.2) is 15.7 Å². The van der Waals surface area contributed by atoms with Crippen LogP contribution in [0, 0.1) is 24.7 Å². The van der Waals surface area contributed by atoms with Crippen molar-refractivity contribution in [1.29, 1.82) is 0 Å². The van der Waals surface area contributed by atoms with Crippen molar-refractivity contribution in [3.05, 3.63) is 93.6 Å². The van der Waals surface area contributed by atoms with Gasteiger partial charge in [-0.05, 0) is 118 Å². The summed E-state index contributed by atoms with van der Waals surface area (Å²) in [6, 6.07) is 16.5. The lowest BCUT2D eigenvalue weighted by molar-refractivity contribution is -0.136. The van der Waals surface area contributed by atoms with E-state index in [-0.39, 0.29) is 39.9 Å². The van der Waals surface area contributed by atoms with Crippen LogP contribution in [0.2, 0.25) is 5.02 Å². The van der Waals surface area contributed by atoms with E-state index < -0.39 is 27.0 Å². The van der Waals surface area contributed by atoms with Gasteiger partial charge in [-0.15, -0.1) is 0 Å². The van der Waals surface area contributed by atoms with Gasteiger partial charge < -0.3 is 25.2 Å². The Morgan fingerprint density at radius 1 is 0.954 bits per heavy atom. The van der Waals surface area contributed by atoms with Gasteiger partial charge in [-0.2, -0.15) is 4.98 Å². The molecule has 0 radical (unpaired) electrons. The number of piperazine rings is 1. The number of rotatable bonds is 12.